The van der Waals surface area contributed by atoms with Gasteiger partial charge in [-0.1, -0.05) is 42.1 Å². The molecule has 2 N–H and O–H groups in total. The zero-order valence-corrected chi connectivity index (χ0v) is 18.7. The number of rotatable bonds is 5. The maximum atomic E-state index is 12.5. The highest BCUT2D eigenvalue weighted by Crippen LogP contribution is 2.24. The number of hydrazine groups is 1. The first-order valence-electron chi connectivity index (χ1n) is 10.0. The van der Waals surface area contributed by atoms with Gasteiger partial charge < -0.3 is 4.42 Å². The van der Waals surface area contributed by atoms with Crippen molar-refractivity contribution in [1.82, 2.24) is 20.8 Å². The Balaban J connectivity index is 1.34. The molecule has 2 amide bonds. The van der Waals surface area contributed by atoms with Crippen molar-refractivity contribution in [2.75, 3.05) is 0 Å². The Morgan fingerprint density at radius 1 is 0.906 bits per heavy atom. The fourth-order valence-electron chi connectivity index (χ4n) is 3.29. The van der Waals surface area contributed by atoms with E-state index in [-0.39, 0.29) is 5.76 Å². The summed E-state index contributed by atoms with van der Waals surface area (Å²) < 4.78 is 5.62. The van der Waals surface area contributed by atoms with Crippen LogP contribution in [0.1, 0.15) is 43.4 Å². The van der Waals surface area contributed by atoms with Gasteiger partial charge in [0.15, 0.2) is 10.9 Å². The molecule has 4 rings (SSSR count). The van der Waals surface area contributed by atoms with Crippen LogP contribution in [0.3, 0.4) is 0 Å². The second-order valence-electron chi connectivity index (χ2n) is 7.38. The molecular weight excluding hydrogens is 424 g/mol. The minimum absolute atomic E-state index is 0.174. The molecule has 0 radical (unpaired) electrons. The molecule has 2 aromatic carbocycles. The van der Waals surface area contributed by atoms with Gasteiger partial charge >= 0.3 is 5.91 Å². The fourth-order valence-corrected chi connectivity index (χ4v) is 4.20. The van der Waals surface area contributed by atoms with Crippen LogP contribution in [-0.2, 0) is 5.75 Å². The van der Waals surface area contributed by atoms with Gasteiger partial charge in [0.25, 0.3) is 5.91 Å². The molecule has 0 atom stereocenters. The number of furan rings is 1. The summed E-state index contributed by atoms with van der Waals surface area (Å²) in [7, 11) is 0. The van der Waals surface area contributed by atoms with Crippen LogP contribution in [-0.4, -0.2) is 21.8 Å². The molecule has 0 bridgehead atoms. The van der Waals surface area contributed by atoms with Gasteiger partial charge in [0, 0.05) is 33.7 Å². The third-order valence-electron chi connectivity index (χ3n) is 4.89. The lowest BCUT2D eigenvalue weighted by molar-refractivity contribution is 0.0831. The number of hydrogen-bond acceptors (Lipinski definition) is 6. The molecule has 0 saturated heterocycles. The van der Waals surface area contributed by atoms with E-state index in [1.54, 1.807) is 30.0 Å². The average Bonchev–Trinajstić information content (AvgIpc) is 3.12. The Bertz CT molecular complexity index is 1280. The summed E-state index contributed by atoms with van der Waals surface area (Å²) in [6.45, 7) is 5.70. The number of benzene rings is 2. The largest absolute Gasteiger partial charge is 0.451 e. The summed E-state index contributed by atoms with van der Waals surface area (Å²) in [5, 5.41) is 1.59. The molecule has 8 heteroatoms. The number of aryl methyl sites for hydroxylation is 3. The molecule has 2 aromatic heterocycles. The molecule has 0 unspecified atom stereocenters. The number of nitrogens with one attached hydrogen (secondary N) is 2. The van der Waals surface area contributed by atoms with Gasteiger partial charge in [0.2, 0.25) is 0 Å². The highest BCUT2D eigenvalue weighted by molar-refractivity contribution is 7.98. The standard InChI is InChI=1S/C24H22N4O3S/c1-14-12-15(2)26-24(25-14)32-13-17-8-10-18(11-9-17)22(29)27-28-23(30)21-16(3)19-6-4-5-7-20(19)31-21/h4-12H,13H2,1-3H3,(H,27,29)(H,28,30). The van der Waals surface area contributed by atoms with E-state index in [9.17, 15) is 9.59 Å². The van der Waals surface area contributed by atoms with Crippen molar-refractivity contribution in [3.8, 4) is 0 Å². The van der Waals surface area contributed by atoms with Crippen LogP contribution in [0, 0.1) is 20.8 Å². The number of carbonyl (C=O) groups excluding carboxylic acids is 2. The first kappa shape index (κ1) is 21.6. The number of thioether (sulfide) groups is 1. The third kappa shape index (κ3) is 4.81. The van der Waals surface area contributed by atoms with Crippen LogP contribution in [0.5, 0.6) is 0 Å². The summed E-state index contributed by atoms with van der Waals surface area (Å²) >= 11 is 1.54. The maximum absolute atomic E-state index is 12.5. The number of nitrogens with zero attached hydrogens (tertiary/aromatic N) is 2. The van der Waals surface area contributed by atoms with Crippen LogP contribution in [0.25, 0.3) is 11.0 Å². The van der Waals surface area contributed by atoms with Crippen LogP contribution in [0.4, 0.5) is 0 Å². The number of aromatic nitrogens is 2. The van der Waals surface area contributed by atoms with Gasteiger partial charge in [0.05, 0.1) is 0 Å². The molecule has 32 heavy (non-hydrogen) atoms. The molecule has 0 spiro atoms. The van der Waals surface area contributed by atoms with Gasteiger partial charge in [-0.15, -0.1) is 0 Å². The normalized spacial score (nSPS) is 10.8. The molecule has 7 nitrogen and oxygen atoms in total. The molecule has 0 aliphatic rings. The van der Waals surface area contributed by atoms with Crippen LogP contribution in [0.2, 0.25) is 0 Å². The number of carbonyl (C=O) groups is 2. The summed E-state index contributed by atoms with van der Waals surface area (Å²) in [6, 6.07) is 16.5. The van der Waals surface area contributed by atoms with E-state index in [4.69, 9.17) is 4.42 Å². The van der Waals surface area contributed by atoms with Crippen molar-refractivity contribution >= 4 is 34.5 Å². The molecule has 162 valence electrons. The molecule has 0 fully saturated rings. The van der Waals surface area contributed by atoms with E-state index < -0.39 is 11.8 Å². The number of para-hydroxylation sites is 1. The molecular formula is C24H22N4O3S. The summed E-state index contributed by atoms with van der Waals surface area (Å²) in [5.41, 5.74) is 9.55. The van der Waals surface area contributed by atoms with E-state index in [0.29, 0.717) is 16.9 Å². The molecule has 0 aliphatic heterocycles. The highest BCUT2D eigenvalue weighted by atomic mass is 32.2. The monoisotopic (exact) mass is 446 g/mol. The zero-order valence-electron chi connectivity index (χ0n) is 17.9. The van der Waals surface area contributed by atoms with Crippen molar-refractivity contribution in [2.45, 2.75) is 31.7 Å². The lowest BCUT2D eigenvalue weighted by Crippen LogP contribution is -2.41. The third-order valence-corrected chi connectivity index (χ3v) is 5.80. The number of hydrogen-bond donors (Lipinski definition) is 2. The van der Waals surface area contributed by atoms with Crippen molar-refractivity contribution in [1.29, 1.82) is 0 Å². The summed E-state index contributed by atoms with van der Waals surface area (Å²) in [5.74, 6) is -0.0581. The SMILES string of the molecule is Cc1cc(C)nc(SCc2ccc(C(=O)NNC(=O)c3oc4ccccc4c3C)cc2)n1. The average molecular weight is 447 g/mol. The van der Waals surface area contributed by atoms with Crippen molar-refractivity contribution in [2.24, 2.45) is 0 Å². The van der Waals surface area contributed by atoms with Crippen LogP contribution in [0.15, 0.2) is 64.2 Å². The first-order valence-corrected chi connectivity index (χ1v) is 11.0. The van der Waals surface area contributed by atoms with Gasteiger partial charge in [-0.05, 0) is 50.6 Å². The maximum Gasteiger partial charge on any atom is 0.305 e. The second kappa shape index (κ2) is 9.23. The van der Waals surface area contributed by atoms with Gasteiger partial charge in [0.1, 0.15) is 5.58 Å². The van der Waals surface area contributed by atoms with Gasteiger partial charge in [-0.2, -0.15) is 0 Å². The van der Waals surface area contributed by atoms with E-state index in [0.717, 1.165) is 33.1 Å². The van der Waals surface area contributed by atoms with E-state index >= 15 is 0 Å². The molecule has 0 aliphatic carbocycles. The summed E-state index contributed by atoms with van der Waals surface area (Å²) in [6.07, 6.45) is 0. The van der Waals surface area contributed by atoms with E-state index in [2.05, 4.69) is 20.8 Å². The lowest BCUT2D eigenvalue weighted by Gasteiger charge is -2.07. The molecule has 0 saturated carbocycles. The predicted octanol–water partition coefficient (Wildman–Crippen LogP) is 4.52. The second-order valence-corrected chi connectivity index (χ2v) is 8.32. The predicted molar refractivity (Wildman–Crippen MR) is 123 cm³/mol. The van der Waals surface area contributed by atoms with Crippen molar-refractivity contribution < 1.29 is 14.0 Å². The molecule has 2 heterocycles. The Morgan fingerprint density at radius 3 is 2.25 bits per heavy atom. The number of fused-ring (bicyclic) bond motifs is 1. The number of amides is 2. The smallest absolute Gasteiger partial charge is 0.305 e. The van der Waals surface area contributed by atoms with Gasteiger partial charge in [-0.25, -0.2) is 9.97 Å². The van der Waals surface area contributed by atoms with Crippen LogP contribution >= 0.6 is 11.8 Å². The fraction of sp³-hybridized carbons (Fsp3) is 0.167. The van der Waals surface area contributed by atoms with Gasteiger partial charge in [-0.3, -0.25) is 20.4 Å². The van der Waals surface area contributed by atoms with Crippen molar-refractivity contribution in [3.63, 3.8) is 0 Å². The van der Waals surface area contributed by atoms with E-state index in [1.165, 1.54) is 0 Å². The van der Waals surface area contributed by atoms with E-state index in [1.807, 2.05) is 57.2 Å². The first-order chi connectivity index (χ1) is 15.4. The Kier molecular flexibility index (Phi) is 6.23. The zero-order chi connectivity index (χ0) is 22.7. The lowest BCUT2D eigenvalue weighted by atomic mass is 10.1. The van der Waals surface area contributed by atoms with Crippen molar-refractivity contribution in [3.05, 3.63) is 88.4 Å². The minimum atomic E-state index is -0.506. The molecule has 4 aromatic rings. The minimum Gasteiger partial charge on any atom is -0.451 e. The van der Waals surface area contributed by atoms with Crippen LogP contribution < -0.4 is 10.9 Å². The topological polar surface area (TPSA) is 97.1 Å². The summed E-state index contributed by atoms with van der Waals surface area (Å²) in [4.78, 5) is 33.7. The quantitative estimate of drug-likeness (QED) is 0.266. The Hall–Kier alpha value is -3.65. The Labute approximate surface area is 189 Å². The Morgan fingerprint density at radius 2 is 1.56 bits per heavy atom. The highest BCUT2D eigenvalue weighted by Gasteiger charge is 2.18.